The van der Waals surface area contributed by atoms with Crippen molar-refractivity contribution >= 4 is 0 Å². The van der Waals surface area contributed by atoms with Gasteiger partial charge >= 0.3 is 0 Å². The van der Waals surface area contributed by atoms with Crippen molar-refractivity contribution in [2.24, 2.45) is 17.8 Å². The van der Waals surface area contributed by atoms with Gasteiger partial charge in [0.1, 0.15) is 0 Å². The van der Waals surface area contributed by atoms with E-state index in [0.29, 0.717) is 0 Å². The Balaban J connectivity index is 2.16. The van der Waals surface area contributed by atoms with Crippen LogP contribution in [0.2, 0.25) is 0 Å². The minimum Gasteiger partial charge on any atom is -0.0993 e. The standard InChI is InChI=1S/C10H16/c1-7-5-9-3-4-10(6-7)8(9)2/h7,9-10H,2-6H2,1H3. The fourth-order valence-electron chi connectivity index (χ4n) is 2.71. The van der Waals surface area contributed by atoms with E-state index in [1.165, 1.54) is 25.7 Å². The maximum Gasteiger partial charge on any atom is -0.0200 e. The molecular weight excluding hydrogens is 120 g/mol. The predicted octanol–water partition coefficient (Wildman–Crippen LogP) is 3.00. The lowest BCUT2D eigenvalue weighted by molar-refractivity contribution is 0.354. The van der Waals surface area contributed by atoms with Gasteiger partial charge in [0.15, 0.2) is 0 Å². The number of fused-ring (bicyclic) bond motifs is 2. The van der Waals surface area contributed by atoms with Crippen LogP contribution in [-0.4, -0.2) is 0 Å². The van der Waals surface area contributed by atoms with Gasteiger partial charge in [-0.15, -0.1) is 0 Å². The van der Waals surface area contributed by atoms with Gasteiger partial charge in [-0.3, -0.25) is 0 Å². The lowest BCUT2D eigenvalue weighted by Gasteiger charge is -2.26. The van der Waals surface area contributed by atoms with E-state index in [1.54, 1.807) is 5.57 Å². The second-order valence-corrected chi connectivity index (χ2v) is 4.12. The molecule has 2 bridgehead atoms. The van der Waals surface area contributed by atoms with Crippen molar-refractivity contribution in [3.05, 3.63) is 12.2 Å². The largest absolute Gasteiger partial charge is 0.0993 e. The Hall–Kier alpha value is -0.260. The van der Waals surface area contributed by atoms with Crippen molar-refractivity contribution in [3.63, 3.8) is 0 Å². The number of hydrogen-bond donors (Lipinski definition) is 0. The second kappa shape index (κ2) is 2.11. The van der Waals surface area contributed by atoms with Gasteiger partial charge in [0.2, 0.25) is 0 Å². The van der Waals surface area contributed by atoms with Crippen LogP contribution in [0.15, 0.2) is 12.2 Å². The summed E-state index contributed by atoms with van der Waals surface area (Å²) in [6.45, 7) is 6.56. The molecule has 0 heteroatoms. The first-order valence-corrected chi connectivity index (χ1v) is 4.46. The van der Waals surface area contributed by atoms with Gasteiger partial charge < -0.3 is 0 Å². The Labute approximate surface area is 63.3 Å². The maximum absolute atomic E-state index is 4.17. The molecule has 0 heterocycles. The van der Waals surface area contributed by atoms with Gasteiger partial charge in [-0.1, -0.05) is 19.1 Å². The van der Waals surface area contributed by atoms with Crippen LogP contribution in [0.3, 0.4) is 0 Å². The minimum absolute atomic E-state index is 0.911. The molecular formula is C10H16. The summed E-state index contributed by atoms with van der Waals surface area (Å²) in [5.74, 6) is 2.80. The summed E-state index contributed by atoms with van der Waals surface area (Å²) in [7, 11) is 0. The van der Waals surface area contributed by atoms with Crippen LogP contribution in [0.1, 0.15) is 32.6 Å². The van der Waals surface area contributed by atoms with Crippen molar-refractivity contribution in [2.75, 3.05) is 0 Å². The predicted molar refractivity (Wildman–Crippen MR) is 43.8 cm³/mol. The third kappa shape index (κ3) is 0.817. The fraction of sp³-hybridized carbons (Fsp3) is 0.800. The minimum atomic E-state index is 0.911. The van der Waals surface area contributed by atoms with E-state index in [1.807, 2.05) is 0 Å². The Morgan fingerprint density at radius 2 is 1.70 bits per heavy atom. The summed E-state index contributed by atoms with van der Waals surface area (Å²) >= 11 is 0. The summed E-state index contributed by atoms with van der Waals surface area (Å²) in [5, 5.41) is 0. The van der Waals surface area contributed by atoms with Gasteiger partial charge in [-0.2, -0.15) is 0 Å². The molecule has 2 aliphatic carbocycles. The van der Waals surface area contributed by atoms with Gasteiger partial charge in [-0.05, 0) is 43.4 Å². The smallest absolute Gasteiger partial charge is 0.0200 e. The molecule has 2 unspecified atom stereocenters. The Morgan fingerprint density at radius 3 is 2.20 bits per heavy atom. The van der Waals surface area contributed by atoms with Crippen LogP contribution in [0, 0.1) is 17.8 Å². The first-order chi connectivity index (χ1) is 4.77. The number of hydrogen-bond acceptors (Lipinski definition) is 0. The van der Waals surface area contributed by atoms with Crippen molar-refractivity contribution in [1.29, 1.82) is 0 Å². The third-order valence-electron chi connectivity index (χ3n) is 3.29. The van der Waals surface area contributed by atoms with Crippen molar-refractivity contribution in [3.8, 4) is 0 Å². The first-order valence-electron chi connectivity index (χ1n) is 4.46. The Bertz CT molecular complexity index is 141. The van der Waals surface area contributed by atoms with Gasteiger partial charge in [-0.25, -0.2) is 0 Å². The Kier molecular flexibility index (Phi) is 1.36. The normalized spacial score (nSPS) is 46.1. The second-order valence-electron chi connectivity index (χ2n) is 4.12. The van der Waals surface area contributed by atoms with Crippen molar-refractivity contribution in [2.45, 2.75) is 32.6 Å². The average Bonchev–Trinajstić information content (AvgIpc) is 2.20. The van der Waals surface area contributed by atoms with Gasteiger partial charge in [0.05, 0.1) is 0 Å². The molecule has 2 aliphatic rings. The zero-order chi connectivity index (χ0) is 7.14. The van der Waals surface area contributed by atoms with Crippen LogP contribution < -0.4 is 0 Å². The molecule has 2 saturated carbocycles. The lowest BCUT2D eigenvalue weighted by atomic mass is 9.79. The topological polar surface area (TPSA) is 0 Å². The molecule has 0 N–H and O–H groups in total. The summed E-state index contributed by atoms with van der Waals surface area (Å²) in [5.41, 5.74) is 1.58. The van der Waals surface area contributed by atoms with E-state index in [4.69, 9.17) is 0 Å². The van der Waals surface area contributed by atoms with E-state index in [-0.39, 0.29) is 0 Å². The van der Waals surface area contributed by atoms with Gasteiger partial charge in [0.25, 0.3) is 0 Å². The molecule has 0 saturated heterocycles. The molecule has 0 aromatic carbocycles. The van der Waals surface area contributed by atoms with E-state index >= 15 is 0 Å². The monoisotopic (exact) mass is 136 g/mol. The molecule has 56 valence electrons. The summed E-state index contributed by atoms with van der Waals surface area (Å²) < 4.78 is 0. The quantitative estimate of drug-likeness (QED) is 0.449. The molecule has 2 rings (SSSR count). The third-order valence-corrected chi connectivity index (χ3v) is 3.29. The highest BCUT2D eigenvalue weighted by molar-refractivity contribution is 5.14. The molecule has 2 fully saturated rings. The average molecular weight is 136 g/mol. The molecule has 0 radical (unpaired) electrons. The van der Waals surface area contributed by atoms with E-state index in [2.05, 4.69) is 13.5 Å². The summed E-state index contributed by atoms with van der Waals surface area (Å²) in [6, 6.07) is 0. The molecule has 10 heavy (non-hydrogen) atoms. The van der Waals surface area contributed by atoms with E-state index < -0.39 is 0 Å². The van der Waals surface area contributed by atoms with E-state index in [9.17, 15) is 0 Å². The molecule has 0 spiro atoms. The zero-order valence-corrected chi connectivity index (χ0v) is 6.77. The van der Waals surface area contributed by atoms with Crippen LogP contribution in [0.5, 0.6) is 0 Å². The number of allylic oxidation sites excluding steroid dienone is 1. The summed E-state index contributed by atoms with van der Waals surface area (Å²) in [4.78, 5) is 0. The Morgan fingerprint density at radius 1 is 1.20 bits per heavy atom. The highest BCUT2D eigenvalue weighted by atomic mass is 14.4. The molecule has 0 aliphatic heterocycles. The number of rotatable bonds is 0. The summed E-state index contributed by atoms with van der Waals surface area (Å²) in [6.07, 6.45) is 5.73. The molecule has 0 aromatic rings. The SMILES string of the molecule is C=C1C2CCC1CC(C)C2. The molecule has 0 aromatic heterocycles. The fourth-order valence-corrected chi connectivity index (χ4v) is 2.71. The highest BCUT2D eigenvalue weighted by Gasteiger charge is 2.35. The van der Waals surface area contributed by atoms with E-state index in [0.717, 1.165) is 17.8 Å². The molecule has 2 atom stereocenters. The van der Waals surface area contributed by atoms with Crippen LogP contribution in [0.25, 0.3) is 0 Å². The van der Waals surface area contributed by atoms with Crippen LogP contribution in [0.4, 0.5) is 0 Å². The lowest BCUT2D eigenvalue weighted by Crippen LogP contribution is -2.15. The van der Waals surface area contributed by atoms with Gasteiger partial charge in [0, 0.05) is 0 Å². The van der Waals surface area contributed by atoms with Crippen molar-refractivity contribution < 1.29 is 0 Å². The maximum atomic E-state index is 4.17. The van der Waals surface area contributed by atoms with Crippen LogP contribution >= 0.6 is 0 Å². The van der Waals surface area contributed by atoms with Crippen LogP contribution in [-0.2, 0) is 0 Å². The highest BCUT2D eigenvalue weighted by Crippen LogP contribution is 2.47. The first kappa shape index (κ1) is 6.45. The zero-order valence-electron chi connectivity index (χ0n) is 6.77. The molecule has 0 amide bonds. The molecule has 0 nitrogen and oxygen atoms in total. The van der Waals surface area contributed by atoms with Crippen molar-refractivity contribution in [1.82, 2.24) is 0 Å².